The molecule has 1 aromatic heterocycles. The molecule has 0 bridgehead atoms. The molecule has 5 unspecified atom stereocenters. The molecule has 0 saturated heterocycles. The summed E-state index contributed by atoms with van der Waals surface area (Å²) in [6, 6.07) is 15.5. The summed E-state index contributed by atoms with van der Waals surface area (Å²) < 4.78 is 8.46. The van der Waals surface area contributed by atoms with Crippen LogP contribution in [0.25, 0.3) is 10.2 Å². The Morgan fingerprint density at radius 3 is 2.51 bits per heavy atom. The number of allylic oxidation sites excluding steroid dienone is 1. The fourth-order valence-corrected chi connectivity index (χ4v) is 11.9. The standard InChI is InChI=1S/C39H45NO5S2/c1-36(2,3)24-12-10-23(11-13-24)34(44)45-39(32(43)22-46-35-40-29-8-6-7-9-31(29)47-35)19-17-28-27-15-14-25-20-26(41)16-18-37(25,4)33(27)30(42)21-38(28,39)5/h6-13,20,27-28,30,33,42H,14-19,21-22H2,1-5H3/t27?,28?,30-,33?,37?,38?,39-/m0/s1. The third-order valence-electron chi connectivity index (χ3n) is 12.3. The second-order valence-corrected chi connectivity index (χ2v) is 18.1. The summed E-state index contributed by atoms with van der Waals surface area (Å²) in [5, 5.41) is 12.1. The highest BCUT2D eigenvalue weighted by molar-refractivity contribution is 8.01. The molecule has 7 atom stereocenters. The molecule has 1 N–H and O–H groups in total. The van der Waals surface area contributed by atoms with E-state index in [0.717, 1.165) is 45.8 Å². The number of carbonyl (C=O) groups is 3. The van der Waals surface area contributed by atoms with Crippen LogP contribution >= 0.6 is 23.1 Å². The number of benzene rings is 2. The van der Waals surface area contributed by atoms with Gasteiger partial charge >= 0.3 is 5.97 Å². The summed E-state index contributed by atoms with van der Waals surface area (Å²) in [5.74, 6) is 0.0172. The average molecular weight is 672 g/mol. The Bertz CT molecular complexity index is 1740. The predicted molar refractivity (Wildman–Crippen MR) is 187 cm³/mol. The van der Waals surface area contributed by atoms with Crippen molar-refractivity contribution in [3.05, 3.63) is 71.3 Å². The van der Waals surface area contributed by atoms with Gasteiger partial charge in [0.15, 0.2) is 21.5 Å². The Kier molecular flexibility index (Phi) is 8.12. The summed E-state index contributed by atoms with van der Waals surface area (Å²) in [7, 11) is 0. The van der Waals surface area contributed by atoms with E-state index in [0.29, 0.717) is 24.8 Å². The lowest BCUT2D eigenvalue weighted by molar-refractivity contribution is -0.180. The smallest absolute Gasteiger partial charge is 0.339 e. The topological polar surface area (TPSA) is 93.6 Å². The van der Waals surface area contributed by atoms with Gasteiger partial charge in [0.2, 0.25) is 0 Å². The third-order valence-corrected chi connectivity index (χ3v) is 14.5. The molecule has 0 radical (unpaired) electrons. The van der Waals surface area contributed by atoms with Gasteiger partial charge in [0.25, 0.3) is 0 Å². The molecule has 47 heavy (non-hydrogen) atoms. The zero-order valence-corrected chi connectivity index (χ0v) is 29.6. The van der Waals surface area contributed by atoms with Crippen molar-refractivity contribution in [1.82, 2.24) is 4.98 Å². The SMILES string of the molecule is CC(C)(C)c1ccc(C(=O)O[C@]2(C(=O)CSc3nc4ccccc4s3)CCC3C4CCC5=CC(=O)CCC5(C)C4[C@@H](O)CC32C)cc1. The number of hydrogen-bond donors (Lipinski definition) is 1. The van der Waals surface area contributed by atoms with E-state index in [2.05, 4.69) is 34.6 Å². The van der Waals surface area contributed by atoms with Gasteiger partial charge in [0, 0.05) is 11.8 Å². The normalized spacial score (nSPS) is 33.5. The molecular formula is C39H45NO5S2. The van der Waals surface area contributed by atoms with Crippen molar-refractivity contribution in [3.8, 4) is 0 Å². The number of aliphatic hydroxyl groups is 1. The molecule has 4 aliphatic rings. The first-order chi connectivity index (χ1) is 22.2. The number of nitrogens with zero attached hydrogens (tertiary/aromatic N) is 1. The number of ether oxygens (including phenoxy) is 1. The number of para-hydroxylation sites is 1. The summed E-state index contributed by atoms with van der Waals surface area (Å²) in [6.45, 7) is 10.7. The Morgan fingerprint density at radius 1 is 1.04 bits per heavy atom. The molecule has 3 aromatic rings. The second kappa shape index (κ2) is 11.7. The maximum atomic E-state index is 14.7. The lowest BCUT2D eigenvalue weighted by Gasteiger charge is -2.60. The minimum absolute atomic E-state index is 0.0114. The number of thioether (sulfide) groups is 1. The lowest BCUT2D eigenvalue weighted by Crippen LogP contribution is -2.63. The number of thiazole rings is 1. The van der Waals surface area contributed by atoms with Gasteiger partial charge < -0.3 is 9.84 Å². The lowest BCUT2D eigenvalue weighted by atomic mass is 9.45. The Balaban J connectivity index is 1.23. The van der Waals surface area contributed by atoms with Gasteiger partial charge in [-0.3, -0.25) is 9.59 Å². The van der Waals surface area contributed by atoms with Gasteiger partial charge in [0.1, 0.15) is 0 Å². The van der Waals surface area contributed by atoms with Crippen LogP contribution < -0.4 is 0 Å². The number of ketones is 2. The van der Waals surface area contributed by atoms with E-state index in [4.69, 9.17) is 9.72 Å². The monoisotopic (exact) mass is 671 g/mol. The molecular weight excluding hydrogens is 627 g/mol. The zero-order chi connectivity index (χ0) is 33.4. The van der Waals surface area contributed by atoms with E-state index in [1.165, 1.54) is 17.3 Å². The van der Waals surface area contributed by atoms with Crippen LogP contribution in [0.5, 0.6) is 0 Å². The van der Waals surface area contributed by atoms with E-state index < -0.39 is 23.1 Å². The molecule has 3 saturated carbocycles. The zero-order valence-electron chi connectivity index (χ0n) is 28.0. The van der Waals surface area contributed by atoms with Gasteiger partial charge in [-0.1, -0.05) is 76.2 Å². The number of fused-ring (bicyclic) bond motifs is 6. The summed E-state index contributed by atoms with van der Waals surface area (Å²) in [6.07, 6.45) is 5.70. The largest absolute Gasteiger partial charge is 0.447 e. The van der Waals surface area contributed by atoms with Crippen LogP contribution in [0.3, 0.4) is 0 Å². The molecule has 8 heteroatoms. The van der Waals surface area contributed by atoms with Crippen LogP contribution in [-0.4, -0.2) is 45.1 Å². The van der Waals surface area contributed by atoms with E-state index in [9.17, 15) is 19.5 Å². The molecule has 0 aliphatic heterocycles. The molecule has 6 nitrogen and oxygen atoms in total. The third kappa shape index (κ3) is 5.34. The molecule has 248 valence electrons. The van der Waals surface area contributed by atoms with Crippen LogP contribution in [0.15, 0.2) is 64.5 Å². The van der Waals surface area contributed by atoms with Gasteiger partial charge in [0.05, 0.1) is 27.6 Å². The van der Waals surface area contributed by atoms with Gasteiger partial charge in [-0.2, -0.15) is 0 Å². The van der Waals surface area contributed by atoms with Crippen LogP contribution in [0.1, 0.15) is 95.5 Å². The first kappa shape index (κ1) is 32.7. The van der Waals surface area contributed by atoms with Crippen molar-refractivity contribution in [2.45, 2.75) is 101 Å². The van der Waals surface area contributed by atoms with Crippen molar-refractivity contribution in [1.29, 1.82) is 0 Å². The highest BCUT2D eigenvalue weighted by Crippen LogP contribution is 2.68. The second-order valence-electron chi connectivity index (χ2n) is 15.8. The highest BCUT2D eigenvalue weighted by atomic mass is 32.2. The van der Waals surface area contributed by atoms with Crippen molar-refractivity contribution >= 4 is 50.9 Å². The summed E-state index contributed by atoms with van der Waals surface area (Å²) in [5.41, 5.74) is 1.23. The van der Waals surface area contributed by atoms with Crippen molar-refractivity contribution in [2.75, 3.05) is 5.75 Å². The van der Waals surface area contributed by atoms with Gasteiger partial charge in [-0.15, -0.1) is 11.3 Å². The quantitative estimate of drug-likeness (QED) is 0.208. The minimum Gasteiger partial charge on any atom is -0.447 e. The number of carbonyl (C=O) groups excluding carboxylic acids is 3. The highest BCUT2D eigenvalue weighted by Gasteiger charge is 2.70. The molecule has 1 heterocycles. The predicted octanol–water partition coefficient (Wildman–Crippen LogP) is 8.35. The molecule has 7 rings (SSSR count). The first-order valence-electron chi connectivity index (χ1n) is 17.0. The maximum Gasteiger partial charge on any atom is 0.339 e. The molecule has 0 spiro atoms. The van der Waals surface area contributed by atoms with Crippen molar-refractivity contribution in [2.24, 2.45) is 28.6 Å². The number of rotatable bonds is 6. The van der Waals surface area contributed by atoms with Gasteiger partial charge in [-0.05, 0) is 103 Å². The number of Topliss-reactive ketones (excluding diaryl/α,β-unsaturated/α-hetero) is 1. The van der Waals surface area contributed by atoms with Crippen molar-refractivity contribution in [3.63, 3.8) is 0 Å². The fourth-order valence-electron chi connectivity index (χ4n) is 9.84. The number of aliphatic hydroxyl groups excluding tert-OH is 1. The van der Waals surface area contributed by atoms with Gasteiger partial charge in [-0.25, -0.2) is 9.78 Å². The average Bonchev–Trinajstić information content (AvgIpc) is 3.58. The van der Waals surface area contributed by atoms with Crippen LogP contribution in [-0.2, 0) is 19.7 Å². The summed E-state index contributed by atoms with van der Waals surface area (Å²) in [4.78, 5) is 45.8. The Morgan fingerprint density at radius 2 is 1.79 bits per heavy atom. The molecule has 3 fully saturated rings. The maximum absolute atomic E-state index is 14.7. The van der Waals surface area contributed by atoms with Crippen LogP contribution in [0, 0.1) is 28.6 Å². The number of esters is 1. The fraction of sp³-hybridized carbons (Fsp3) is 0.538. The summed E-state index contributed by atoms with van der Waals surface area (Å²) >= 11 is 2.97. The Labute approximate surface area is 285 Å². The number of hydrogen-bond acceptors (Lipinski definition) is 8. The van der Waals surface area contributed by atoms with Crippen molar-refractivity contribution < 1.29 is 24.2 Å². The molecule has 0 amide bonds. The molecule has 2 aromatic carbocycles. The van der Waals surface area contributed by atoms with E-state index >= 15 is 0 Å². The van der Waals surface area contributed by atoms with E-state index in [1.54, 1.807) is 23.5 Å². The number of aromatic nitrogens is 1. The van der Waals surface area contributed by atoms with Crippen LogP contribution in [0.2, 0.25) is 0 Å². The van der Waals surface area contributed by atoms with Crippen LogP contribution in [0.4, 0.5) is 0 Å². The molecule has 4 aliphatic carbocycles. The Hall–Kier alpha value is -2.81. The van der Waals surface area contributed by atoms with E-state index in [1.807, 2.05) is 42.5 Å². The van der Waals surface area contributed by atoms with E-state index in [-0.39, 0.29) is 45.9 Å². The first-order valence-corrected chi connectivity index (χ1v) is 18.8. The minimum atomic E-state index is -1.37.